The third-order valence-electron chi connectivity index (χ3n) is 4.55. The summed E-state index contributed by atoms with van der Waals surface area (Å²) in [5.74, 6) is 0.457. The Morgan fingerprint density at radius 1 is 1.26 bits per heavy atom. The predicted octanol–water partition coefficient (Wildman–Crippen LogP) is 1.88. The summed E-state index contributed by atoms with van der Waals surface area (Å²) in [6, 6.07) is 6.55. The van der Waals surface area contributed by atoms with Gasteiger partial charge in [-0.2, -0.15) is 0 Å². The lowest BCUT2D eigenvalue weighted by atomic mass is 10.1. The molecule has 2 heterocycles. The van der Waals surface area contributed by atoms with Crippen LogP contribution in [0.2, 0.25) is 0 Å². The lowest BCUT2D eigenvalue weighted by molar-refractivity contribution is -0.129. The number of hydrogen-bond acceptors (Lipinski definition) is 6. The van der Waals surface area contributed by atoms with Gasteiger partial charge in [-0.3, -0.25) is 9.78 Å². The molecule has 1 saturated heterocycles. The van der Waals surface area contributed by atoms with Crippen LogP contribution in [0.3, 0.4) is 0 Å². The van der Waals surface area contributed by atoms with Crippen molar-refractivity contribution < 1.29 is 17.9 Å². The second-order valence-corrected chi connectivity index (χ2v) is 9.33. The third-order valence-corrected chi connectivity index (χ3v) is 6.72. The van der Waals surface area contributed by atoms with Gasteiger partial charge in [0.1, 0.15) is 6.10 Å². The van der Waals surface area contributed by atoms with Crippen LogP contribution in [0.15, 0.2) is 47.8 Å². The summed E-state index contributed by atoms with van der Waals surface area (Å²) >= 11 is 0. The summed E-state index contributed by atoms with van der Waals surface area (Å²) in [7, 11) is -3.30. The van der Waals surface area contributed by atoms with Gasteiger partial charge in [0.05, 0.1) is 29.3 Å². The fraction of sp³-hybridized carbons (Fsp3) is 0.421. The first-order valence-electron chi connectivity index (χ1n) is 8.89. The summed E-state index contributed by atoms with van der Waals surface area (Å²) in [5, 5.41) is -0.471. The summed E-state index contributed by atoms with van der Waals surface area (Å²) in [6.07, 6.45) is 5.58. The zero-order chi connectivity index (χ0) is 19.4. The molecular weight excluding hydrogens is 366 g/mol. The van der Waals surface area contributed by atoms with E-state index >= 15 is 0 Å². The Balaban J connectivity index is 1.56. The highest BCUT2D eigenvalue weighted by Crippen LogP contribution is 2.19. The zero-order valence-electron chi connectivity index (χ0n) is 15.4. The fourth-order valence-electron chi connectivity index (χ4n) is 2.92. The monoisotopic (exact) mass is 389 g/mol. The van der Waals surface area contributed by atoms with Crippen LogP contribution < -0.4 is 4.74 Å². The molecule has 8 heteroatoms. The number of rotatable bonds is 6. The Kier molecular flexibility index (Phi) is 5.74. The predicted molar refractivity (Wildman–Crippen MR) is 100 cm³/mol. The van der Waals surface area contributed by atoms with Gasteiger partial charge >= 0.3 is 0 Å². The molecule has 1 aliphatic heterocycles. The van der Waals surface area contributed by atoms with Gasteiger partial charge in [-0.05, 0) is 31.5 Å². The molecule has 1 aromatic carbocycles. The molecule has 1 aromatic heterocycles. The summed E-state index contributed by atoms with van der Waals surface area (Å²) < 4.78 is 30.1. The van der Waals surface area contributed by atoms with Crippen LogP contribution >= 0.6 is 0 Å². The molecule has 1 atom stereocenters. The molecule has 1 amide bonds. The minimum Gasteiger partial charge on any atom is -0.471 e. The quantitative estimate of drug-likeness (QED) is 0.749. The highest BCUT2D eigenvalue weighted by atomic mass is 32.2. The van der Waals surface area contributed by atoms with Crippen molar-refractivity contribution in [2.45, 2.75) is 42.9 Å². The van der Waals surface area contributed by atoms with Gasteiger partial charge in [-0.25, -0.2) is 13.4 Å². The second-order valence-electron chi connectivity index (χ2n) is 6.83. The number of sulfone groups is 1. The maximum atomic E-state index is 12.5. The molecule has 0 saturated carbocycles. The Morgan fingerprint density at radius 3 is 2.63 bits per heavy atom. The molecule has 7 nitrogen and oxygen atoms in total. The standard InChI is InChI=1S/C19H23N3O4S/c1-14(2)27(24,25)17-5-3-15(4-6-17)11-19(23)22-10-7-16(13-22)26-18-12-20-8-9-21-18/h3-6,8-9,12,14,16H,7,10-11,13H2,1-2H3/t16-/m1/s1. The molecular formula is C19H23N3O4S. The zero-order valence-corrected chi connectivity index (χ0v) is 16.2. The van der Waals surface area contributed by atoms with E-state index in [1.807, 2.05) is 0 Å². The largest absolute Gasteiger partial charge is 0.471 e. The van der Waals surface area contributed by atoms with E-state index in [-0.39, 0.29) is 23.3 Å². The Morgan fingerprint density at radius 2 is 2.00 bits per heavy atom. The number of benzene rings is 1. The van der Waals surface area contributed by atoms with Crippen LogP contribution in [-0.2, 0) is 21.1 Å². The summed E-state index contributed by atoms with van der Waals surface area (Å²) in [5.41, 5.74) is 0.793. The van der Waals surface area contributed by atoms with E-state index in [1.165, 1.54) is 0 Å². The highest BCUT2D eigenvalue weighted by Gasteiger charge is 2.28. The highest BCUT2D eigenvalue weighted by molar-refractivity contribution is 7.92. The first kappa shape index (κ1) is 19.3. The van der Waals surface area contributed by atoms with Crippen LogP contribution in [0.1, 0.15) is 25.8 Å². The van der Waals surface area contributed by atoms with Crippen molar-refractivity contribution in [2.24, 2.45) is 0 Å². The van der Waals surface area contributed by atoms with E-state index in [1.54, 1.807) is 61.6 Å². The molecule has 0 unspecified atom stereocenters. The number of nitrogens with zero attached hydrogens (tertiary/aromatic N) is 3. The number of likely N-dealkylation sites (tertiary alicyclic amines) is 1. The van der Waals surface area contributed by atoms with Crippen molar-refractivity contribution in [1.82, 2.24) is 14.9 Å². The molecule has 0 bridgehead atoms. The van der Waals surface area contributed by atoms with Crippen molar-refractivity contribution >= 4 is 15.7 Å². The molecule has 1 fully saturated rings. The Bertz CT molecular complexity index is 883. The molecule has 27 heavy (non-hydrogen) atoms. The van der Waals surface area contributed by atoms with Crippen LogP contribution in [-0.4, -0.2) is 53.6 Å². The smallest absolute Gasteiger partial charge is 0.232 e. The van der Waals surface area contributed by atoms with E-state index in [0.717, 1.165) is 12.0 Å². The minimum atomic E-state index is -3.30. The van der Waals surface area contributed by atoms with Crippen LogP contribution in [0.25, 0.3) is 0 Å². The maximum absolute atomic E-state index is 12.5. The number of hydrogen-bond donors (Lipinski definition) is 0. The normalized spacial score (nSPS) is 17.3. The maximum Gasteiger partial charge on any atom is 0.232 e. The van der Waals surface area contributed by atoms with Gasteiger partial charge in [-0.15, -0.1) is 0 Å². The SMILES string of the molecule is CC(C)S(=O)(=O)c1ccc(CC(=O)N2CC[C@@H](Oc3cnccn3)C2)cc1. The number of ether oxygens (including phenoxy) is 1. The van der Waals surface area contributed by atoms with Crippen molar-refractivity contribution in [3.63, 3.8) is 0 Å². The lowest BCUT2D eigenvalue weighted by Gasteiger charge is -2.17. The molecule has 0 N–H and O–H groups in total. The van der Waals surface area contributed by atoms with Crippen molar-refractivity contribution in [1.29, 1.82) is 0 Å². The van der Waals surface area contributed by atoms with Gasteiger partial charge in [0.15, 0.2) is 9.84 Å². The molecule has 3 rings (SSSR count). The minimum absolute atomic E-state index is 0.000266. The lowest BCUT2D eigenvalue weighted by Crippen LogP contribution is -2.32. The van der Waals surface area contributed by atoms with E-state index in [4.69, 9.17) is 4.74 Å². The number of amides is 1. The fourth-order valence-corrected chi connectivity index (χ4v) is 3.98. The van der Waals surface area contributed by atoms with Gasteiger partial charge < -0.3 is 9.64 Å². The van der Waals surface area contributed by atoms with Gasteiger partial charge in [0, 0.05) is 25.4 Å². The first-order valence-corrected chi connectivity index (χ1v) is 10.4. The average Bonchev–Trinajstić information content (AvgIpc) is 3.11. The first-order chi connectivity index (χ1) is 12.9. The van der Waals surface area contributed by atoms with E-state index < -0.39 is 15.1 Å². The van der Waals surface area contributed by atoms with E-state index in [9.17, 15) is 13.2 Å². The van der Waals surface area contributed by atoms with E-state index in [2.05, 4.69) is 9.97 Å². The molecule has 144 valence electrons. The van der Waals surface area contributed by atoms with Gasteiger partial charge in [0.25, 0.3) is 0 Å². The number of aromatic nitrogens is 2. The number of carbonyl (C=O) groups excluding carboxylic acids is 1. The van der Waals surface area contributed by atoms with Gasteiger partial charge in [-0.1, -0.05) is 12.1 Å². The number of carbonyl (C=O) groups is 1. The Labute approximate surface area is 159 Å². The topological polar surface area (TPSA) is 89.5 Å². The average molecular weight is 389 g/mol. The molecule has 0 aliphatic carbocycles. The Hall–Kier alpha value is -2.48. The molecule has 0 radical (unpaired) electrons. The van der Waals surface area contributed by atoms with Crippen molar-refractivity contribution in [3.8, 4) is 5.88 Å². The van der Waals surface area contributed by atoms with E-state index in [0.29, 0.717) is 19.0 Å². The van der Waals surface area contributed by atoms with Crippen LogP contribution in [0, 0.1) is 0 Å². The molecule has 0 spiro atoms. The van der Waals surface area contributed by atoms with Crippen molar-refractivity contribution in [2.75, 3.05) is 13.1 Å². The van der Waals surface area contributed by atoms with Crippen molar-refractivity contribution in [3.05, 3.63) is 48.4 Å². The third kappa shape index (κ3) is 4.63. The molecule has 1 aliphatic rings. The van der Waals surface area contributed by atoms with Gasteiger partial charge in [0.2, 0.25) is 11.8 Å². The second kappa shape index (κ2) is 8.04. The summed E-state index contributed by atoms with van der Waals surface area (Å²) in [6.45, 7) is 4.44. The summed E-state index contributed by atoms with van der Waals surface area (Å²) in [4.78, 5) is 22.6. The molecule has 2 aromatic rings. The van der Waals surface area contributed by atoms with Crippen LogP contribution in [0.4, 0.5) is 0 Å². The van der Waals surface area contributed by atoms with Crippen LogP contribution in [0.5, 0.6) is 5.88 Å².